The fourth-order valence-electron chi connectivity index (χ4n) is 2.11. The van der Waals surface area contributed by atoms with Gasteiger partial charge in [-0.15, -0.1) is 11.6 Å². The third-order valence-corrected chi connectivity index (χ3v) is 3.26. The maximum atomic E-state index is 13.7. The Labute approximate surface area is 114 Å². The van der Waals surface area contributed by atoms with Crippen molar-refractivity contribution in [3.05, 3.63) is 29.3 Å². The number of amides is 1. The molecule has 0 aromatic heterocycles. The van der Waals surface area contributed by atoms with Gasteiger partial charge in [0.05, 0.1) is 11.3 Å². The van der Waals surface area contributed by atoms with Crippen molar-refractivity contribution < 1.29 is 18.4 Å². The highest BCUT2D eigenvalue weighted by Crippen LogP contribution is 2.32. The summed E-state index contributed by atoms with van der Waals surface area (Å²) in [6, 6.07) is 1.58. The van der Waals surface area contributed by atoms with Gasteiger partial charge in [-0.3, -0.25) is 9.59 Å². The molecular formula is C13H12ClF2NO2. The number of rotatable bonds is 5. The molecule has 2 rings (SSSR count). The third-order valence-electron chi connectivity index (χ3n) is 3.00. The molecule has 0 saturated heterocycles. The predicted molar refractivity (Wildman–Crippen MR) is 67.6 cm³/mol. The van der Waals surface area contributed by atoms with Gasteiger partial charge in [-0.25, -0.2) is 8.78 Å². The van der Waals surface area contributed by atoms with Gasteiger partial charge in [0.15, 0.2) is 5.82 Å². The van der Waals surface area contributed by atoms with E-state index in [2.05, 4.69) is 0 Å². The van der Waals surface area contributed by atoms with E-state index in [-0.39, 0.29) is 17.8 Å². The highest BCUT2D eigenvalue weighted by atomic mass is 35.5. The lowest BCUT2D eigenvalue weighted by Crippen LogP contribution is -2.31. The van der Waals surface area contributed by atoms with Crippen LogP contribution >= 0.6 is 11.6 Å². The summed E-state index contributed by atoms with van der Waals surface area (Å²) in [6.07, 6.45) is 2.18. The Bertz CT molecular complexity index is 534. The second-order valence-electron chi connectivity index (χ2n) is 4.32. The number of carbonyl (C=O) groups excluding carboxylic acids is 2. The number of carbonyl (C=O) groups is 2. The van der Waals surface area contributed by atoms with E-state index in [0.29, 0.717) is 18.4 Å². The summed E-state index contributed by atoms with van der Waals surface area (Å²) >= 11 is 5.54. The van der Waals surface area contributed by atoms with Gasteiger partial charge in [0.2, 0.25) is 0 Å². The first-order valence-corrected chi connectivity index (χ1v) is 6.51. The van der Waals surface area contributed by atoms with Gasteiger partial charge in [0, 0.05) is 18.5 Å². The zero-order valence-corrected chi connectivity index (χ0v) is 10.8. The molecule has 1 amide bonds. The van der Waals surface area contributed by atoms with Gasteiger partial charge < -0.3 is 4.90 Å². The minimum atomic E-state index is -0.883. The van der Waals surface area contributed by atoms with Crippen LogP contribution < -0.4 is 4.90 Å². The molecule has 1 aromatic rings. The lowest BCUT2D eigenvalue weighted by Gasteiger charge is -2.16. The number of nitrogens with zero attached hydrogens (tertiary/aromatic N) is 1. The number of fused-ring (bicyclic) bond motifs is 1. The summed E-state index contributed by atoms with van der Waals surface area (Å²) < 4.78 is 26.8. The number of hydrogen-bond donors (Lipinski definition) is 0. The predicted octanol–water partition coefficient (Wildman–Crippen LogP) is 2.90. The molecular weight excluding hydrogens is 276 g/mol. The van der Waals surface area contributed by atoms with E-state index in [0.717, 1.165) is 23.8 Å². The monoisotopic (exact) mass is 287 g/mol. The summed E-state index contributed by atoms with van der Waals surface area (Å²) in [7, 11) is 0. The fourth-order valence-corrected chi connectivity index (χ4v) is 2.30. The first-order valence-electron chi connectivity index (χ1n) is 5.97. The van der Waals surface area contributed by atoms with Crippen molar-refractivity contribution in [2.45, 2.75) is 19.3 Å². The Hall–Kier alpha value is -1.49. The smallest absolute Gasteiger partial charge is 0.299 e. The van der Waals surface area contributed by atoms with Gasteiger partial charge in [0.25, 0.3) is 11.7 Å². The molecule has 0 saturated carbocycles. The van der Waals surface area contributed by atoms with Crippen LogP contribution in [0.1, 0.15) is 29.6 Å². The number of hydrogen-bond acceptors (Lipinski definition) is 2. The van der Waals surface area contributed by atoms with E-state index in [4.69, 9.17) is 11.6 Å². The molecule has 0 N–H and O–H groups in total. The van der Waals surface area contributed by atoms with E-state index in [1.165, 1.54) is 0 Å². The molecule has 0 unspecified atom stereocenters. The average Bonchev–Trinajstić information content (AvgIpc) is 2.60. The highest BCUT2D eigenvalue weighted by molar-refractivity contribution is 6.52. The van der Waals surface area contributed by atoms with Gasteiger partial charge in [0.1, 0.15) is 5.82 Å². The van der Waals surface area contributed by atoms with Gasteiger partial charge in [-0.1, -0.05) is 6.42 Å². The summed E-state index contributed by atoms with van der Waals surface area (Å²) in [6.45, 7) is 0.233. The first kappa shape index (κ1) is 13.9. The second-order valence-corrected chi connectivity index (χ2v) is 4.70. The molecule has 1 aliphatic rings. The van der Waals surface area contributed by atoms with Gasteiger partial charge in [-0.2, -0.15) is 0 Å². The molecule has 1 aromatic carbocycles. The Balaban J connectivity index is 2.23. The Kier molecular flexibility index (Phi) is 4.14. The summed E-state index contributed by atoms with van der Waals surface area (Å²) in [5, 5.41) is 0. The molecule has 3 nitrogen and oxygen atoms in total. The number of Topliss-reactive ketones (excluding diaryl/α,β-unsaturated/α-hetero) is 1. The van der Waals surface area contributed by atoms with Gasteiger partial charge in [-0.05, 0) is 18.9 Å². The van der Waals surface area contributed by atoms with Crippen LogP contribution in [0.25, 0.3) is 0 Å². The molecule has 1 heterocycles. The quantitative estimate of drug-likeness (QED) is 0.474. The minimum Gasteiger partial charge on any atom is -0.302 e. The van der Waals surface area contributed by atoms with E-state index in [1.54, 1.807) is 0 Å². The van der Waals surface area contributed by atoms with E-state index >= 15 is 0 Å². The largest absolute Gasteiger partial charge is 0.302 e. The molecule has 0 radical (unpaired) electrons. The number of alkyl halides is 1. The molecule has 19 heavy (non-hydrogen) atoms. The first-order chi connectivity index (χ1) is 9.06. The Morgan fingerprint density at radius 1 is 1.11 bits per heavy atom. The van der Waals surface area contributed by atoms with Crippen LogP contribution in [0.15, 0.2) is 12.1 Å². The normalized spacial score (nSPS) is 14.2. The van der Waals surface area contributed by atoms with E-state index < -0.39 is 23.3 Å². The SMILES string of the molecule is O=C1C(=O)N(CCCCCCl)c2c(F)cc(F)cc21. The number of benzene rings is 1. The summed E-state index contributed by atoms with van der Waals surface area (Å²) in [5.41, 5.74) is -0.304. The maximum absolute atomic E-state index is 13.7. The molecule has 0 bridgehead atoms. The highest BCUT2D eigenvalue weighted by Gasteiger charge is 2.38. The van der Waals surface area contributed by atoms with Crippen molar-refractivity contribution in [1.29, 1.82) is 0 Å². The number of unbranched alkanes of at least 4 members (excludes halogenated alkanes) is 2. The van der Waals surface area contributed by atoms with E-state index in [9.17, 15) is 18.4 Å². The van der Waals surface area contributed by atoms with Crippen LogP contribution in [0.3, 0.4) is 0 Å². The van der Waals surface area contributed by atoms with Crippen LogP contribution in [-0.4, -0.2) is 24.1 Å². The number of ketones is 1. The molecule has 6 heteroatoms. The third kappa shape index (κ3) is 2.61. The van der Waals surface area contributed by atoms with Crippen LogP contribution in [0, 0.1) is 11.6 Å². The standard InChI is InChI=1S/C13H12ClF2NO2/c14-4-2-1-3-5-17-11-9(12(18)13(17)19)6-8(15)7-10(11)16/h6-7H,1-5H2. The lowest BCUT2D eigenvalue weighted by atomic mass is 10.1. The molecule has 102 valence electrons. The van der Waals surface area contributed by atoms with E-state index in [1.807, 2.05) is 0 Å². The number of anilines is 1. The molecule has 1 aliphatic heterocycles. The van der Waals surface area contributed by atoms with Crippen molar-refractivity contribution in [1.82, 2.24) is 0 Å². The van der Waals surface area contributed by atoms with Crippen molar-refractivity contribution >= 4 is 29.0 Å². The zero-order chi connectivity index (χ0) is 14.0. The van der Waals surface area contributed by atoms with Crippen LogP contribution in [0.2, 0.25) is 0 Å². The van der Waals surface area contributed by atoms with Crippen LogP contribution in [0.5, 0.6) is 0 Å². The van der Waals surface area contributed by atoms with Crippen LogP contribution in [-0.2, 0) is 4.79 Å². The van der Waals surface area contributed by atoms with Crippen molar-refractivity contribution in [2.75, 3.05) is 17.3 Å². The minimum absolute atomic E-state index is 0.109. The average molecular weight is 288 g/mol. The van der Waals surface area contributed by atoms with Gasteiger partial charge >= 0.3 is 0 Å². The topological polar surface area (TPSA) is 37.4 Å². The molecule has 0 fully saturated rings. The summed E-state index contributed by atoms with van der Waals surface area (Å²) in [5.74, 6) is -2.88. The molecule has 0 atom stereocenters. The van der Waals surface area contributed by atoms with Crippen molar-refractivity contribution in [3.8, 4) is 0 Å². The molecule has 0 spiro atoms. The maximum Gasteiger partial charge on any atom is 0.299 e. The van der Waals surface area contributed by atoms with Crippen molar-refractivity contribution in [3.63, 3.8) is 0 Å². The number of halogens is 3. The second kappa shape index (κ2) is 5.65. The Morgan fingerprint density at radius 2 is 1.84 bits per heavy atom. The fraction of sp³-hybridized carbons (Fsp3) is 0.385. The lowest BCUT2D eigenvalue weighted by molar-refractivity contribution is -0.114. The Morgan fingerprint density at radius 3 is 2.53 bits per heavy atom. The molecule has 0 aliphatic carbocycles. The zero-order valence-electron chi connectivity index (χ0n) is 10.1. The van der Waals surface area contributed by atoms with Crippen molar-refractivity contribution in [2.24, 2.45) is 0 Å². The van der Waals surface area contributed by atoms with Crippen LogP contribution in [0.4, 0.5) is 14.5 Å². The summed E-state index contributed by atoms with van der Waals surface area (Å²) in [4.78, 5) is 24.5.